The lowest BCUT2D eigenvalue weighted by atomic mass is 10.2. The minimum atomic E-state index is 0.131. The second-order valence-corrected chi connectivity index (χ2v) is 5.52. The number of likely N-dealkylation sites (tertiary alicyclic amines) is 1. The molecule has 1 saturated heterocycles. The zero-order valence-corrected chi connectivity index (χ0v) is 11.3. The maximum absolute atomic E-state index is 12.5. The molecule has 19 heavy (non-hydrogen) atoms. The summed E-state index contributed by atoms with van der Waals surface area (Å²) in [6.45, 7) is 1.77. The van der Waals surface area contributed by atoms with Gasteiger partial charge in [0.05, 0.1) is 5.56 Å². The van der Waals surface area contributed by atoms with E-state index in [0.29, 0.717) is 6.04 Å². The third-order valence-electron chi connectivity index (χ3n) is 4.13. The van der Waals surface area contributed by atoms with Gasteiger partial charge in [-0.3, -0.25) is 4.79 Å². The van der Waals surface area contributed by atoms with Crippen LogP contribution in [0.4, 0.5) is 5.82 Å². The van der Waals surface area contributed by atoms with Gasteiger partial charge in [-0.15, -0.1) is 0 Å². The predicted molar refractivity (Wildman–Crippen MR) is 75.3 cm³/mol. The second-order valence-electron chi connectivity index (χ2n) is 5.52. The van der Waals surface area contributed by atoms with E-state index in [-0.39, 0.29) is 5.91 Å². The lowest BCUT2D eigenvalue weighted by Gasteiger charge is -2.19. The standard InChI is InChI=1S/C15H21N3O/c19-15(18-10-3-4-11-18)13-8-5-9-16-14(13)17-12-6-1-2-7-12/h5,8-9,12H,1-4,6-7,10-11H2,(H,16,17). The molecule has 1 aliphatic heterocycles. The fraction of sp³-hybridized carbons (Fsp3) is 0.600. The summed E-state index contributed by atoms with van der Waals surface area (Å²) >= 11 is 0. The highest BCUT2D eigenvalue weighted by molar-refractivity contribution is 5.98. The molecule has 0 radical (unpaired) electrons. The van der Waals surface area contributed by atoms with E-state index < -0.39 is 0 Å². The summed E-state index contributed by atoms with van der Waals surface area (Å²) in [5.74, 6) is 0.900. The van der Waals surface area contributed by atoms with E-state index in [2.05, 4.69) is 10.3 Å². The van der Waals surface area contributed by atoms with Crippen LogP contribution in [0.5, 0.6) is 0 Å². The number of aromatic nitrogens is 1. The summed E-state index contributed by atoms with van der Waals surface area (Å²) in [4.78, 5) is 18.8. The fourth-order valence-electron chi connectivity index (χ4n) is 3.05. The van der Waals surface area contributed by atoms with Gasteiger partial charge < -0.3 is 10.2 Å². The molecule has 0 atom stereocenters. The monoisotopic (exact) mass is 259 g/mol. The van der Waals surface area contributed by atoms with Crippen LogP contribution in [0.15, 0.2) is 18.3 Å². The topological polar surface area (TPSA) is 45.2 Å². The van der Waals surface area contributed by atoms with Gasteiger partial charge in [0.15, 0.2) is 0 Å². The summed E-state index contributed by atoms with van der Waals surface area (Å²) in [6, 6.07) is 4.23. The molecule has 2 heterocycles. The van der Waals surface area contributed by atoms with Gasteiger partial charge in [-0.1, -0.05) is 12.8 Å². The average Bonchev–Trinajstić information content (AvgIpc) is 3.11. The van der Waals surface area contributed by atoms with Crippen LogP contribution in [0.2, 0.25) is 0 Å². The molecule has 0 spiro atoms. The Hall–Kier alpha value is -1.58. The minimum absolute atomic E-state index is 0.131. The Bertz CT molecular complexity index is 448. The maximum atomic E-state index is 12.5. The van der Waals surface area contributed by atoms with Gasteiger partial charge in [0.1, 0.15) is 5.82 Å². The summed E-state index contributed by atoms with van der Waals surface area (Å²) in [7, 11) is 0. The number of hydrogen-bond donors (Lipinski definition) is 1. The molecule has 1 aromatic rings. The van der Waals surface area contributed by atoms with Crippen molar-refractivity contribution in [2.75, 3.05) is 18.4 Å². The summed E-state index contributed by atoms with van der Waals surface area (Å²) in [5.41, 5.74) is 0.733. The van der Waals surface area contributed by atoms with Crippen LogP contribution in [-0.2, 0) is 0 Å². The lowest BCUT2D eigenvalue weighted by Crippen LogP contribution is -2.29. The van der Waals surface area contributed by atoms with Gasteiger partial charge in [-0.05, 0) is 37.8 Å². The third kappa shape index (κ3) is 2.72. The van der Waals surface area contributed by atoms with Crippen LogP contribution < -0.4 is 5.32 Å². The van der Waals surface area contributed by atoms with Crippen molar-refractivity contribution >= 4 is 11.7 Å². The van der Waals surface area contributed by atoms with Gasteiger partial charge in [-0.2, -0.15) is 0 Å². The smallest absolute Gasteiger partial charge is 0.257 e. The van der Waals surface area contributed by atoms with Crippen molar-refractivity contribution in [2.45, 2.75) is 44.6 Å². The Kier molecular flexibility index (Phi) is 3.67. The molecule has 3 rings (SSSR count). The van der Waals surface area contributed by atoms with Gasteiger partial charge >= 0.3 is 0 Å². The quantitative estimate of drug-likeness (QED) is 0.907. The van der Waals surface area contributed by atoms with Crippen LogP contribution in [0.3, 0.4) is 0 Å². The van der Waals surface area contributed by atoms with E-state index in [1.807, 2.05) is 17.0 Å². The summed E-state index contributed by atoms with van der Waals surface area (Å²) < 4.78 is 0. The van der Waals surface area contributed by atoms with Crippen molar-refractivity contribution in [3.8, 4) is 0 Å². The number of amides is 1. The van der Waals surface area contributed by atoms with Crippen molar-refractivity contribution in [1.82, 2.24) is 9.88 Å². The number of anilines is 1. The Labute approximate surface area is 114 Å². The molecule has 1 saturated carbocycles. The second kappa shape index (κ2) is 5.59. The molecule has 0 unspecified atom stereocenters. The highest BCUT2D eigenvalue weighted by atomic mass is 16.2. The van der Waals surface area contributed by atoms with Crippen LogP contribution >= 0.6 is 0 Å². The zero-order valence-electron chi connectivity index (χ0n) is 11.3. The van der Waals surface area contributed by atoms with E-state index in [0.717, 1.165) is 37.3 Å². The van der Waals surface area contributed by atoms with E-state index >= 15 is 0 Å². The molecule has 2 aliphatic rings. The SMILES string of the molecule is O=C(c1cccnc1NC1CCCC1)N1CCCC1. The minimum Gasteiger partial charge on any atom is -0.367 e. The largest absolute Gasteiger partial charge is 0.367 e. The first-order valence-electron chi connectivity index (χ1n) is 7.35. The van der Waals surface area contributed by atoms with E-state index in [1.54, 1.807) is 6.20 Å². The highest BCUT2D eigenvalue weighted by Gasteiger charge is 2.24. The number of carbonyl (C=O) groups is 1. The van der Waals surface area contributed by atoms with E-state index in [1.165, 1.54) is 25.7 Å². The Morgan fingerprint density at radius 2 is 1.95 bits per heavy atom. The number of pyridine rings is 1. The Balaban J connectivity index is 1.77. The average molecular weight is 259 g/mol. The molecule has 1 aliphatic carbocycles. The lowest BCUT2D eigenvalue weighted by molar-refractivity contribution is 0.0793. The van der Waals surface area contributed by atoms with Crippen molar-refractivity contribution in [3.63, 3.8) is 0 Å². The van der Waals surface area contributed by atoms with E-state index in [4.69, 9.17) is 0 Å². The molecule has 1 N–H and O–H groups in total. The molecule has 4 heteroatoms. The number of rotatable bonds is 3. The van der Waals surface area contributed by atoms with Crippen molar-refractivity contribution < 1.29 is 4.79 Å². The van der Waals surface area contributed by atoms with Crippen LogP contribution in [0.25, 0.3) is 0 Å². The maximum Gasteiger partial charge on any atom is 0.257 e. The molecule has 0 aromatic carbocycles. The van der Waals surface area contributed by atoms with Crippen molar-refractivity contribution in [3.05, 3.63) is 23.9 Å². The summed E-state index contributed by atoms with van der Waals surface area (Å²) in [5, 5.41) is 3.46. The molecule has 0 bridgehead atoms. The first kappa shape index (κ1) is 12.5. The summed E-state index contributed by atoms with van der Waals surface area (Å²) in [6.07, 6.45) is 8.94. The van der Waals surface area contributed by atoms with Gasteiger partial charge in [0.25, 0.3) is 5.91 Å². The van der Waals surface area contributed by atoms with Crippen LogP contribution in [0.1, 0.15) is 48.9 Å². The van der Waals surface area contributed by atoms with Crippen LogP contribution in [0, 0.1) is 0 Å². The number of nitrogens with zero attached hydrogens (tertiary/aromatic N) is 2. The Morgan fingerprint density at radius 1 is 1.21 bits per heavy atom. The highest BCUT2D eigenvalue weighted by Crippen LogP contribution is 2.24. The van der Waals surface area contributed by atoms with E-state index in [9.17, 15) is 4.79 Å². The first-order valence-corrected chi connectivity index (χ1v) is 7.35. The van der Waals surface area contributed by atoms with Gasteiger partial charge in [-0.25, -0.2) is 4.98 Å². The number of hydrogen-bond acceptors (Lipinski definition) is 3. The van der Waals surface area contributed by atoms with Gasteiger partial charge in [0.2, 0.25) is 0 Å². The Morgan fingerprint density at radius 3 is 2.68 bits per heavy atom. The normalized spacial score (nSPS) is 19.9. The molecule has 102 valence electrons. The third-order valence-corrected chi connectivity index (χ3v) is 4.13. The van der Waals surface area contributed by atoms with Crippen molar-refractivity contribution in [1.29, 1.82) is 0 Å². The molecule has 4 nitrogen and oxygen atoms in total. The first-order chi connectivity index (χ1) is 9.34. The molecular formula is C15H21N3O. The number of nitrogens with one attached hydrogen (secondary N) is 1. The fourth-order valence-corrected chi connectivity index (χ4v) is 3.05. The number of carbonyl (C=O) groups excluding carboxylic acids is 1. The van der Waals surface area contributed by atoms with Gasteiger partial charge in [0, 0.05) is 25.3 Å². The molecule has 1 aromatic heterocycles. The molecule has 2 fully saturated rings. The van der Waals surface area contributed by atoms with Crippen LogP contribution in [-0.4, -0.2) is 34.9 Å². The molecule has 1 amide bonds. The zero-order chi connectivity index (χ0) is 13.1. The van der Waals surface area contributed by atoms with Crippen molar-refractivity contribution in [2.24, 2.45) is 0 Å². The molecular weight excluding hydrogens is 238 g/mol. The predicted octanol–water partition coefficient (Wildman–Crippen LogP) is 2.67.